The molecule has 126 valence electrons. The number of para-hydroxylation sites is 1. The molecule has 0 aromatic heterocycles. The molecule has 0 bridgehead atoms. The Balaban J connectivity index is 1.93. The number of likely N-dealkylation sites (N-methyl/N-ethyl adjacent to an activating group) is 2. The number of anilines is 1. The molecule has 1 heterocycles. The molecule has 1 saturated heterocycles. The molecule has 0 radical (unpaired) electrons. The highest BCUT2D eigenvalue weighted by atomic mass is 16.2. The molecule has 0 saturated carbocycles. The van der Waals surface area contributed by atoms with Gasteiger partial charge in [-0.3, -0.25) is 4.79 Å². The van der Waals surface area contributed by atoms with E-state index < -0.39 is 0 Å². The molecule has 6 heteroatoms. The molecule has 23 heavy (non-hydrogen) atoms. The smallest absolute Gasteiger partial charge is 0.319 e. The average Bonchev–Trinajstić information content (AvgIpc) is 2.56. The van der Waals surface area contributed by atoms with Crippen LogP contribution in [0.4, 0.5) is 10.5 Å². The van der Waals surface area contributed by atoms with Crippen LogP contribution in [0.1, 0.15) is 25.3 Å². The number of hydrogen-bond donors (Lipinski definition) is 3. The summed E-state index contributed by atoms with van der Waals surface area (Å²) < 4.78 is 0. The van der Waals surface area contributed by atoms with Crippen LogP contribution >= 0.6 is 0 Å². The number of rotatable bonds is 5. The first-order valence-electron chi connectivity index (χ1n) is 8.20. The van der Waals surface area contributed by atoms with E-state index in [1.807, 2.05) is 24.3 Å². The van der Waals surface area contributed by atoms with Crippen molar-refractivity contribution in [3.8, 4) is 0 Å². The molecule has 2 rings (SSSR count). The van der Waals surface area contributed by atoms with Gasteiger partial charge in [-0.25, -0.2) is 4.79 Å². The molecule has 1 aromatic rings. The minimum absolute atomic E-state index is 0.0782. The van der Waals surface area contributed by atoms with Gasteiger partial charge in [0.25, 0.3) is 0 Å². The Bertz CT molecular complexity index is 547. The lowest BCUT2D eigenvalue weighted by molar-refractivity contribution is -0.119. The Morgan fingerprint density at radius 2 is 2.09 bits per heavy atom. The highest BCUT2D eigenvalue weighted by molar-refractivity contribution is 5.91. The lowest BCUT2D eigenvalue weighted by atomic mass is 10.1. The molecule has 0 spiro atoms. The summed E-state index contributed by atoms with van der Waals surface area (Å²) in [7, 11) is 1.60. The summed E-state index contributed by atoms with van der Waals surface area (Å²) >= 11 is 0. The first-order valence-corrected chi connectivity index (χ1v) is 8.20. The fraction of sp³-hybridized carbons (Fsp3) is 0.529. The van der Waals surface area contributed by atoms with Gasteiger partial charge in [0.2, 0.25) is 5.91 Å². The van der Waals surface area contributed by atoms with Gasteiger partial charge in [0.05, 0.1) is 6.42 Å². The van der Waals surface area contributed by atoms with Crippen LogP contribution in [0.25, 0.3) is 0 Å². The van der Waals surface area contributed by atoms with Gasteiger partial charge >= 0.3 is 6.03 Å². The predicted molar refractivity (Wildman–Crippen MR) is 91.5 cm³/mol. The topological polar surface area (TPSA) is 73.5 Å². The summed E-state index contributed by atoms with van der Waals surface area (Å²) in [4.78, 5) is 26.1. The standard InChI is InChI=1S/C17H26N4O2/c1-3-21-10-6-8-14(12-21)19-17(23)20-15-9-5-4-7-13(15)11-16(22)18-2/h4-5,7,9,14H,3,6,8,10-12H2,1-2H3,(H,18,22)(H2,19,20,23)/t14-/m0/s1. The monoisotopic (exact) mass is 318 g/mol. The lowest BCUT2D eigenvalue weighted by Crippen LogP contribution is -2.48. The van der Waals surface area contributed by atoms with Crippen LogP contribution in [0.3, 0.4) is 0 Å². The van der Waals surface area contributed by atoms with Crippen LogP contribution in [0.5, 0.6) is 0 Å². The van der Waals surface area contributed by atoms with Crippen LogP contribution in [0, 0.1) is 0 Å². The highest BCUT2D eigenvalue weighted by Crippen LogP contribution is 2.16. The van der Waals surface area contributed by atoms with Gasteiger partial charge in [0.15, 0.2) is 0 Å². The number of likely N-dealkylation sites (tertiary alicyclic amines) is 1. The van der Waals surface area contributed by atoms with Gasteiger partial charge in [-0.1, -0.05) is 25.1 Å². The van der Waals surface area contributed by atoms with E-state index in [2.05, 4.69) is 27.8 Å². The van der Waals surface area contributed by atoms with E-state index >= 15 is 0 Å². The number of nitrogens with zero attached hydrogens (tertiary/aromatic N) is 1. The number of amides is 3. The van der Waals surface area contributed by atoms with Crippen molar-refractivity contribution in [2.45, 2.75) is 32.2 Å². The van der Waals surface area contributed by atoms with Crippen molar-refractivity contribution >= 4 is 17.6 Å². The van der Waals surface area contributed by atoms with E-state index in [0.29, 0.717) is 5.69 Å². The van der Waals surface area contributed by atoms with Gasteiger partial charge in [0.1, 0.15) is 0 Å². The number of carbonyl (C=O) groups is 2. The summed E-state index contributed by atoms with van der Waals surface area (Å²) in [6, 6.07) is 7.35. The van der Waals surface area contributed by atoms with Crippen LogP contribution in [-0.4, -0.2) is 49.6 Å². The van der Waals surface area contributed by atoms with Crippen molar-refractivity contribution in [2.24, 2.45) is 0 Å². The van der Waals surface area contributed by atoms with Gasteiger partial charge in [-0.15, -0.1) is 0 Å². The van der Waals surface area contributed by atoms with Gasteiger partial charge in [-0.05, 0) is 37.6 Å². The summed E-state index contributed by atoms with van der Waals surface area (Å²) in [5.74, 6) is -0.0782. The normalized spacial score (nSPS) is 18.3. The Labute approximate surface area is 137 Å². The maximum Gasteiger partial charge on any atom is 0.319 e. The molecule has 3 amide bonds. The van der Waals surface area contributed by atoms with Crippen molar-refractivity contribution in [1.82, 2.24) is 15.5 Å². The quantitative estimate of drug-likeness (QED) is 0.772. The lowest BCUT2D eigenvalue weighted by Gasteiger charge is -2.32. The molecule has 1 aliphatic heterocycles. The Kier molecular flexibility index (Phi) is 6.40. The van der Waals surface area contributed by atoms with E-state index in [1.54, 1.807) is 7.05 Å². The molecule has 3 N–H and O–H groups in total. The average molecular weight is 318 g/mol. The largest absolute Gasteiger partial charge is 0.359 e. The van der Waals surface area contributed by atoms with Crippen LogP contribution in [0.15, 0.2) is 24.3 Å². The van der Waals surface area contributed by atoms with Crippen molar-refractivity contribution in [3.05, 3.63) is 29.8 Å². The summed E-state index contributed by atoms with van der Waals surface area (Å²) in [6.07, 6.45) is 2.36. The molecule has 6 nitrogen and oxygen atoms in total. The van der Waals surface area contributed by atoms with Gasteiger partial charge < -0.3 is 20.9 Å². The molecule has 1 aliphatic rings. The minimum atomic E-state index is -0.211. The molecule has 1 atom stereocenters. The first-order chi connectivity index (χ1) is 11.1. The number of urea groups is 1. The molecular weight excluding hydrogens is 292 g/mol. The molecule has 0 unspecified atom stereocenters. The number of benzene rings is 1. The zero-order valence-corrected chi connectivity index (χ0v) is 13.9. The maximum absolute atomic E-state index is 12.2. The molecule has 1 fully saturated rings. The number of piperidine rings is 1. The predicted octanol–water partition coefficient (Wildman–Crippen LogP) is 1.58. The van der Waals surface area contributed by atoms with E-state index in [9.17, 15) is 9.59 Å². The van der Waals surface area contributed by atoms with Crippen LogP contribution in [0.2, 0.25) is 0 Å². The van der Waals surface area contributed by atoms with Crippen molar-refractivity contribution in [3.63, 3.8) is 0 Å². The molecular formula is C17H26N4O2. The third-order valence-electron chi connectivity index (χ3n) is 4.18. The van der Waals surface area contributed by atoms with Crippen molar-refractivity contribution < 1.29 is 9.59 Å². The third-order valence-corrected chi connectivity index (χ3v) is 4.18. The third kappa shape index (κ3) is 5.25. The zero-order valence-electron chi connectivity index (χ0n) is 13.9. The first kappa shape index (κ1) is 17.3. The zero-order chi connectivity index (χ0) is 16.7. The van der Waals surface area contributed by atoms with E-state index in [0.717, 1.165) is 38.0 Å². The summed E-state index contributed by atoms with van der Waals surface area (Å²) in [6.45, 7) is 5.14. The van der Waals surface area contributed by atoms with Gasteiger partial charge in [-0.2, -0.15) is 0 Å². The van der Waals surface area contributed by atoms with E-state index in [1.165, 1.54) is 0 Å². The SMILES string of the molecule is CCN1CCC[C@H](NC(=O)Nc2ccccc2CC(=O)NC)C1. The summed E-state index contributed by atoms with van der Waals surface area (Å²) in [5.41, 5.74) is 1.48. The summed E-state index contributed by atoms with van der Waals surface area (Å²) in [5, 5.41) is 8.50. The van der Waals surface area contributed by atoms with E-state index in [-0.39, 0.29) is 24.4 Å². The van der Waals surface area contributed by atoms with Crippen molar-refractivity contribution in [1.29, 1.82) is 0 Å². The fourth-order valence-corrected chi connectivity index (χ4v) is 2.86. The molecule has 1 aromatic carbocycles. The second kappa shape index (κ2) is 8.53. The Hall–Kier alpha value is -2.08. The van der Waals surface area contributed by atoms with Crippen LogP contribution < -0.4 is 16.0 Å². The maximum atomic E-state index is 12.2. The van der Waals surface area contributed by atoms with Crippen molar-refractivity contribution in [2.75, 3.05) is 32.0 Å². The second-order valence-electron chi connectivity index (χ2n) is 5.84. The Morgan fingerprint density at radius 3 is 2.83 bits per heavy atom. The number of nitrogens with one attached hydrogen (secondary N) is 3. The number of hydrogen-bond acceptors (Lipinski definition) is 3. The fourth-order valence-electron chi connectivity index (χ4n) is 2.86. The minimum Gasteiger partial charge on any atom is -0.359 e. The highest BCUT2D eigenvalue weighted by Gasteiger charge is 2.20. The van der Waals surface area contributed by atoms with E-state index in [4.69, 9.17) is 0 Å². The second-order valence-corrected chi connectivity index (χ2v) is 5.84. The number of carbonyl (C=O) groups excluding carboxylic acids is 2. The van der Waals surface area contributed by atoms with Crippen LogP contribution in [-0.2, 0) is 11.2 Å². The van der Waals surface area contributed by atoms with Gasteiger partial charge in [0, 0.05) is 25.3 Å². The Morgan fingerprint density at radius 1 is 1.30 bits per heavy atom. The molecule has 0 aliphatic carbocycles.